The Morgan fingerprint density at radius 1 is 1.21 bits per heavy atom. The molecule has 0 spiro atoms. The maximum absolute atomic E-state index is 11.8. The van der Waals surface area contributed by atoms with Crippen LogP contribution in [0.3, 0.4) is 0 Å². The summed E-state index contributed by atoms with van der Waals surface area (Å²) in [4.78, 5) is 14.3. The first kappa shape index (κ1) is 13.1. The van der Waals surface area contributed by atoms with Gasteiger partial charge in [0.2, 0.25) is 0 Å². The van der Waals surface area contributed by atoms with E-state index in [1.807, 2.05) is 24.3 Å². The molecule has 0 aromatic heterocycles. The lowest BCUT2D eigenvalue weighted by Gasteiger charge is -2.39. The van der Waals surface area contributed by atoms with Crippen molar-refractivity contribution in [1.29, 1.82) is 0 Å². The normalized spacial score (nSPS) is 23.2. The number of carboxylic acids is 1. The van der Waals surface area contributed by atoms with Gasteiger partial charge >= 0.3 is 5.97 Å². The second-order valence-corrected chi connectivity index (χ2v) is 6.58. The number of likely N-dealkylation sites (tertiary alicyclic amines) is 1. The zero-order valence-electron chi connectivity index (χ0n) is 10.8. The fourth-order valence-corrected chi connectivity index (χ4v) is 3.37. The molecule has 0 amide bonds. The van der Waals surface area contributed by atoms with Crippen LogP contribution in [0.25, 0.3) is 0 Å². The maximum atomic E-state index is 11.8. The molecular formula is C15H18BrNO2. The zero-order valence-corrected chi connectivity index (χ0v) is 12.4. The van der Waals surface area contributed by atoms with Gasteiger partial charge in [0, 0.05) is 10.5 Å². The molecule has 0 bridgehead atoms. The minimum Gasteiger partial charge on any atom is -0.481 e. The predicted molar refractivity (Wildman–Crippen MR) is 77.3 cm³/mol. The number of aliphatic carboxylic acids is 1. The van der Waals surface area contributed by atoms with Crippen molar-refractivity contribution in [3.8, 4) is 0 Å². The van der Waals surface area contributed by atoms with Crippen LogP contribution in [0.15, 0.2) is 28.7 Å². The van der Waals surface area contributed by atoms with Gasteiger partial charge < -0.3 is 10.0 Å². The molecule has 19 heavy (non-hydrogen) atoms. The Morgan fingerprint density at radius 2 is 1.79 bits per heavy atom. The van der Waals surface area contributed by atoms with Crippen LogP contribution in [0.5, 0.6) is 0 Å². The minimum atomic E-state index is -0.688. The van der Waals surface area contributed by atoms with Crippen molar-refractivity contribution in [3.05, 3.63) is 34.3 Å². The van der Waals surface area contributed by atoms with Gasteiger partial charge in [-0.2, -0.15) is 0 Å². The van der Waals surface area contributed by atoms with E-state index in [-0.39, 0.29) is 0 Å². The predicted octanol–water partition coefficient (Wildman–Crippen LogP) is 3.03. The SMILES string of the molecule is O=C(O)C1(c2ccc(Br)cc2)CCN(C2CC2)CC1. The molecule has 1 aromatic carbocycles. The van der Waals surface area contributed by atoms with E-state index in [0.29, 0.717) is 0 Å². The Labute approximate surface area is 121 Å². The number of carboxylic acid groups (broad SMARTS) is 1. The average molecular weight is 324 g/mol. The van der Waals surface area contributed by atoms with Crippen LogP contribution in [0.2, 0.25) is 0 Å². The molecule has 3 rings (SSSR count). The first-order chi connectivity index (χ1) is 9.12. The summed E-state index contributed by atoms with van der Waals surface area (Å²) in [5, 5.41) is 9.72. The van der Waals surface area contributed by atoms with Crippen molar-refractivity contribution in [2.45, 2.75) is 37.1 Å². The molecule has 3 nitrogen and oxygen atoms in total. The summed E-state index contributed by atoms with van der Waals surface area (Å²) in [5.74, 6) is -0.676. The topological polar surface area (TPSA) is 40.5 Å². The van der Waals surface area contributed by atoms with Crippen molar-refractivity contribution in [2.24, 2.45) is 0 Å². The molecule has 2 aliphatic rings. The van der Waals surface area contributed by atoms with E-state index in [4.69, 9.17) is 0 Å². The summed E-state index contributed by atoms with van der Waals surface area (Å²) in [6.45, 7) is 1.82. The van der Waals surface area contributed by atoms with E-state index in [9.17, 15) is 9.90 Å². The highest BCUT2D eigenvalue weighted by Crippen LogP contribution is 2.39. The van der Waals surface area contributed by atoms with Crippen LogP contribution in [-0.2, 0) is 10.2 Å². The van der Waals surface area contributed by atoms with Crippen molar-refractivity contribution in [1.82, 2.24) is 4.90 Å². The molecule has 102 valence electrons. The minimum absolute atomic E-state index is 0.676. The van der Waals surface area contributed by atoms with Crippen LogP contribution >= 0.6 is 15.9 Å². The summed E-state index contributed by atoms with van der Waals surface area (Å²) in [5.41, 5.74) is 0.255. The molecule has 0 atom stereocenters. The maximum Gasteiger partial charge on any atom is 0.314 e. The Hall–Kier alpha value is -0.870. The second kappa shape index (κ2) is 4.91. The van der Waals surface area contributed by atoms with Gasteiger partial charge in [-0.3, -0.25) is 4.79 Å². The van der Waals surface area contributed by atoms with Crippen LogP contribution in [-0.4, -0.2) is 35.1 Å². The Balaban J connectivity index is 1.84. The molecule has 1 heterocycles. The Morgan fingerprint density at radius 3 is 2.26 bits per heavy atom. The zero-order chi connectivity index (χ0) is 13.5. The molecule has 2 fully saturated rings. The molecular weight excluding hydrogens is 306 g/mol. The average Bonchev–Trinajstić information content (AvgIpc) is 3.24. The highest BCUT2D eigenvalue weighted by molar-refractivity contribution is 9.10. The largest absolute Gasteiger partial charge is 0.481 e. The summed E-state index contributed by atoms with van der Waals surface area (Å²) >= 11 is 3.41. The van der Waals surface area contributed by atoms with Crippen LogP contribution < -0.4 is 0 Å². The molecule has 0 radical (unpaired) electrons. The number of carbonyl (C=O) groups is 1. The molecule has 1 aliphatic heterocycles. The van der Waals surface area contributed by atoms with Crippen LogP contribution in [0.1, 0.15) is 31.2 Å². The monoisotopic (exact) mass is 323 g/mol. The smallest absolute Gasteiger partial charge is 0.314 e. The number of hydrogen-bond donors (Lipinski definition) is 1. The fraction of sp³-hybridized carbons (Fsp3) is 0.533. The van der Waals surface area contributed by atoms with Crippen LogP contribution in [0.4, 0.5) is 0 Å². The number of benzene rings is 1. The number of nitrogens with zero attached hydrogens (tertiary/aromatic N) is 1. The third kappa shape index (κ3) is 2.43. The highest BCUT2D eigenvalue weighted by Gasteiger charge is 2.45. The lowest BCUT2D eigenvalue weighted by Crippen LogP contribution is -2.47. The van der Waals surface area contributed by atoms with E-state index < -0.39 is 11.4 Å². The highest BCUT2D eigenvalue weighted by atomic mass is 79.9. The number of hydrogen-bond acceptors (Lipinski definition) is 2. The Kier molecular flexibility index (Phi) is 3.39. The summed E-state index contributed by atoms with van der Waals surface area (Å²) in [6.07, 6.45) is 4.03. The number of halogens is 1. The van der Waals surface area contributed by atoms with E-state index in [2.05, 4.69) is 20.8 Å². The first-order valence-electron chi connectivity index (χ1n) is 6.85. The van der Waals surface area contributed by atoms with E-state index in [0.717, 1.165) is 42.0 Å². The lowest BCUT2D eigenvalue weighted by atomic mass is 9.73. The third-order valence-electron chi connectivity index (χ3n) is 4.52. The van der Waals surface area contributed by atoms with Gasteiger partial charge in [-0.15, -0.1) is 0 Å². The third-order valence-corrected chi connectivity index (χ3v) is 5.05. The van der Waals surface area contributed by atoms with Gasteiger partial charge in [0.1, 0.15) is 0 Å². The summed E-state index contributed by atoms with van der Waals surface area (Å²) < 4.78 is 0.993. The van der Waals surface area contributed by atoms with Crippen molar-refractivity contribution in [2.75, 3.05) is 13.1 Å². The van der Waals surface area contributed by atoms with Gasteiger partial charge in [-0.25, -0.2) is 0 Å². The van der Waals surface area contributed by atoms with Crippen LogP contribution in [0, 0.1) is 0 Å². The van der Waals surface area contributed by atoms with E-state index >= 15 is 0 Å². The van der Waals surface area contributed by atoms with Gasteiger partial charge in [0.15, 0.2) is 0 Å². The first-order valence-corrected chi connectivity index (χ1v) is 7.65. The number of piperidine rings is 1. The summed E-state index contributed by atoms with van der Waals surface area (Å²) in [7, 11) is 0. The van der Waals surface area contributed by atoms with Gasteiger partial charge in [0.05, 0.1) is 5.41 Å². The van der Waals surface area contributed by atoms with Gasteiger partial charge in [-0.05, 0) is 56.5 Å². The molecule has 1 saturated heterocycles. The van der Waals surface area contributed by atoms with Crippen molar-refractivity contribution in [3.63, 3.8) is 0 Å². The second-order valence-electron chi connectivity index (χ2n) is 5.66. The lowest BCUT2D eigenvalue weighted by molar-refractivity contribution is -0.146. The van der Waals surface area contributed by atoms with Crippen molar-refractivity contribution < 1.29 is 9.90 Å². The molecule has 1 aliphatic carbocycles. The standard InChI is InChI=1S/C15H18BrNO2/c16-12-3-1-11(2-4-12)15(14(18)19)7-9-17(10-8-15)13-5-6-13/h1-4,13H,5-10H2,(H,18,19). The quantitative estimate of drug-likeness (QED) is 0.929. The fourth-order valence-electron chi connectivity index (χ4n) is 3.11. The van der Waals surface area contributed by atoms with Gasteiger partial charge in [0.25, 0.3) is 0 Å². The van der Waals surface area contributed by atoms with E-state index in [1.54, 1.807) is 0 Å². The molecule has 1 aromatic rings. The van der Waals surface area contributed by atoms with E-state index in [1.165, 1.54) is 12.8 Å². The Bertz CT molecular complexity index is 473. The molecule has 0 unspecified atom stereocenters. The number of rotatable bonds is 3. The van der Waals surface area contributed by atoms with Gasteiger partial charge in [-0.1, -0.05) is 28.1 Å². The van der Waals surface area contributed by atoms with Crippen molar-refractivity contribution >= 4 is 21.9 Å². The summed E-state index contributed by atoms with van der Waals surface area (Å²) in [6, 6.07) is 8.51. The molecule has 1 N–H and O–H groups in total. The molecule has 4 heteroatoms. The molecule has 1 saturated carbocycles.